The lowest BCUT2D eigenvalue weighted by molar-refractivity contribution is 0.317. The summed E-state index contributed by atoms with van der Waals surface area (Å²) >= 11 is 0. The van der Waals surface area contributed by atoms with Crippen LogP contribution in [0.4, 0.5) is 4.39 Å². The van der Waals surface area contributed by atoms with Crippen LogP contribution in [0.3, 0.4) is 0 Å². The van der Waals surface area contributed by atoms with Crippen LogP contribution in [-0.2, 0) is 6.54 Å². The van der Waals surface area contributed by atoms with Crippen LogP contribution in [0, 0.1) is 5.82 Å². The van der Waals surface area contributed by atoms with Crippen LogP contribution in [0.15, 0.2) is 42.5 Å². The van der Waals surface area contributed by atoms with E-state index in [1.807, 2.05) is 24.3 Å². The van der Waals surface area contributed by atoms with Gasteiger partial charge >= 0.3 is 0 Å². The van der Waals surface area contributed by atoms with Crippen molar-refractivity contribution in [3.8, 4) is 17.2 Å². The van der Waals surface area contributed by atoms with Crippen LogP contribution >= 0.6 is 0 Å². The number of rotatable bonds is 7. The minimum absolute atomic E-state index is 0.273. The van der Waals surface area contributed by atoms with Crippen LogP contribution in [0.25, 0.3) is 0 Å². The Kier molecular flexibility index (Phi) is 5.58. The lowest BCUT2D eigenvalue weighted by Gasteiger charge is -2.12. The number of benzene rings is 2. The maximum absolute atomic E-state index is 13.8. The van der Waals surface area contributed by atoms with E-state index in [9.17, 15) is 4.39 Å². The molecule has 0 amide bonds. The van der Waals surface area contributed by atoms with Crippen molar-refractivity contribution >= 4 is 0 Å². The van der Waals surface area contributed by atoms with Gasteiger partial charge in [-0.3, -0.25) is 0 Å². The monoisotopic (exact) mass is 289 g/mol. The molecule has 0 radical (unpaired) electrons. The average Bonchev–Trinajstić information content (AvgIpc) is 2.50. The number of hydrogen-bond acceptors (Lipinski definition) is 3. The Bertz CT molecular complexity index is 570. The second-order valence-corrected chi connectivity index (χ2v) is 4.67. The van der Waals surface area contributed by atoms with E-state index < -0.39 is 0 Å². The Morgan fingerprint density at radius 1 is 1.05 bits per heavy atom. The Hall–Kier alpha value is -2.07. The fraction of sp³-hybridized carbons (Fsp3) is 0.294. The molecule has 2 aromatic rings. The fourth-order valence-electron chi connectivity index (χ4n) is 1.93. The Morgan fingerprint density at radius 2 is 1.76 bits per heavy atom. The molecule has 4 heteroatoms. The molecule has 0 bridgehead atoms. The van der Waals surface area contributed by atoms with Crippen molar-refractivity contribution in [2.75, 3.05) is 13.7 Å². The summed E-state index contributed by atoms with van der Waals surface area (Å²) in [6.45, 7) is 3.17. The van der Waals surface area contributed by atoms with E-state index in [1.54, 1.807) is 19.2 Å². The maximum Gasteiger partial charge on any atom is 0.134 e. The van der Waals surface area contributed by atoms with Gasteiger partial charge in [-0.1, -0.05) is 13.0 Å². The highest BCUT2D eigenvalue weighted by Gasteiger charge is 2.09. The Balaban J connectivity index is 2.12. The van der Waals surface area contributed by atoms with Gasteiger partial charge in [0, 0.05) is 12.1 Å². The second-order valence-electron chi connectivity index (χ2n) is 4.67. The first-order chi connectivity index (χ1) is 10.2. The predicted octanol–water partition coefficient (Wildman–Crippen LogP) is 4.13. The molecule has 112 valence electrons. The van der Waals surface area contributed by atoms with Crippen LogP contribution in [0.2, 0.25) is 0 Å². The molecular formula is C17H20FNO2. The molecule has 0 aliphatic rings. The first-order valence-corrected chi connectivity index (χ1v) is 7.07. The van der Waals surface area contributed by atoms with E-state index in [4.69, 9.17) is 9.47 Å². The third-order valence-electron chi connectivity index (χ3n) is 2.95. The van der Waals surface area contributed by atoms with E-state index >= 15 is 0 Å². The van der Waals surface area contributed by atoms with Crippen LogP contribution in [0.1, 0.15) is 18.9 Å². The Labute approximate surface area is 124 Å². The highest BCUT2D eigenvalue weighted by atomic mass is 19.1. The normalized spacial score (nSPS) is 10.4. The van der Waals surface area contributed by atoms with Crippen molar-refractivity contribution in [1.82, 2.24) is 5.32 Å². The summed E-state index contributed by atoms with van der Waals surface area (Å²) in [7, 11) is 1.77. The van der Waals surface area contributed by atoms with E-state index in [-0.39, 0.29) is 5.82 Å². The highest BCUT2D eigenvalue weighted by Crippen LogP contribution is 2.28. The number of halogens is 1. The molecule has 0 atom stereocenters. The van der Waals surface area contributed by atoms with Gasteiger partial charge in [-0.05, 0) is 49.9 Å². The molecule has 0 aliphatic carbocycles. The molecule has 2 rings (SSSR count). The predicted molar refractivity (Wildman–Crippen MR) is 81.5 cm³/mol. The number of ether oxygens (including phenoxy) is 2. The van der Waals surface area contributed by atoms with Crippen molar-refractivity contribution in [2.45, 2.75) is 19.9 Å². The van der Waals surface area contributed by atoms with Crippen molar-refractivity contribution < 1.29 is 13.9 Å². The van der Waals surface area contributed by atoms with Crippen molar-refractivity contribution in [3.63, 3.8) is 0 Å². The molecule has 2 aromatic carbocycles. The topological polar surface area (TPSA) is 30.5 Å². The molecule has 21 heavy (non-hydrogen) atoms. The van der Waals surface area contributed by atoms with E-state index in [1.165, 1.54) is 6.07 Å². The summed E-state index contributed by atoms with van der Waals surface area (Å²) in [4.78, 5) is 0. The van der Waals surface area contributed by atoms with Gasteiger partial charge in [0.2, 0.25) is 0 Å². The molecule has 0 unspecified atom stereocenters. The van der Waals surface area contributed by atoms with Gasteiger partial charge in [0.05, 0.1) is 6.61 Å². The standard InChI is InChI=1S/C17H20FNO2/c1-3-11-20-13-7-9-14(10-8-13)21-17-6-4-5-16(18)15(17)12-19-2/h4-10,19H,3,11-12H2,1-2H3. The smallest absolute Gasteiger partial charge is 0.134 e. The summed E-state index contributed by atoms with van der Waals surface area (Å²) in [5, 5.41) is 2.94. The molecular weight excluding hydrogens is 269 g/mol. The van der Waals surface area contributed by atoms with Gasteiger partial charge < -0.3 is 14.8 Å². The highest BCUT2D eigenvalue weighted by molar-refractivity contribution is 5.40. The summed E-state index contributed by atoms with van der Waals surface area (Å²) in [5.74, 6) is 1.71. The molecule has 1 N–H and O–H groups in total. The van der Waals surface area contributed by atoms with Crippen molar-refractivity contribution in [3.05, 3.63) is 53.8 Å². The molecule has 0 spiro atoms. The zero-order chi connectivity index (χ0) is 15.1. The molecule has 0 saturated carbocycles. The van der Waals surface area contributed by atoms with Gasteiger partial charge in [0.1, 0.15) is 23.1 Å². The van der Waals surface area contributed by atoms with Crippen LogP contribution in [-0.4, -0.2) is 13.7 Å². The molecule has 0 aliphatic heterocycles. The van der Waals surface area contributed by atoms with Gasteiger partial charge in [0.25, 0.3) is 0 Å². The third kappa shape index (κ3) is 4.20. The zero-order valence-electron chi connectivity index (χ0n) is 12.4. The fourth-order valence-corrected chi connectivity index (χ4v) is 1.93. The van der Waals surface area contributed by atoms with Gasteiger partial charge in [-0.2, -0.15) is 0 Å². The van der Waals surface area contributed by atoms with E-state index in [0.717, 1.165) is 12.2 Å². The molecule has 0 aromatic heterocycles. The number of nitrogens with one attached hydrogen (secondary N) is 1. The minimum atomic E-state index is -0.273. The lowest BCUT2D eigenvalue weighted by atomic mass is 10.2. The zero-order valence-corrected chi connectivity index (χ0v) is 12.4. The average molecular weight is 289 g/mol. The first-order valence-electron chi connectivity index (χ1n) is 7.07. The largest absolute Gasteiger partial charge is 0.494 e. The van der Waals surface area contributed by atoms with Crippen LogP contribution < -0.4 is 14.8 Å². The maximum atomic E-state index is 13.8. The molecule has 3 nitrogen and oxygen atoms in total. The summed E-state index contributed by atoms with van der Waals surface area (Å²) in [6.07, 6.45) is 0.967. The summed E-state index contributed by atoms with van der Waals surface area (Å²) in [5.41, 5.74) is 0.520. The Morgan fingerprint density at radius 3 is 2.43 bits per heavy atom. The van der Waals surface area contributed by atoms with E-state index in [0.29, 0.717) is 30.2 Å². The van der Waals surface area contributed by atoms with Gasteiger partial charge in [0.15, 0.2) is 0 Å². The van der Waals surface area contributed by atoms with Crippen LogP contribution in [0.5, 0.6) is 17.2 Å². The first kappa shape index (κ1) is 15.3. The van der Waals surface area contributed by atoms with Gasteiger partial charge in [-0.25, -0.2) is 4.39 Å². The SMILES string of the molecule is CCCOc1ccc(Oc2cccc(F)c2CNC)cc1. The van der Waals surface area contributed by atoms with Gasteiger partial charge in [-0.15, -0.1) is 0 Å². The van der Waals surface area contributed by atoms with E-state index in [2.05, 4.69) is 12.2 Å². The third-order valence-corrected chi connectivity index (χ3v) is 2.95. The quantitative estimate of drug-likeness (QED) is 0.831. The van der Waals surface area contributed by atoms with Crippen molar-refractivity contribution in [1.29, 1.82) is 0 Å². The summed E-state index contributed by atoms with van der Waals surface area (Å²) in [6, 6.07) is 12.2. The number of hydrogen-bond donors (Lipinski definition) is 1. The molecule has 0 heterocycles. The molecule has 0 fully saturated rings. The van der Waals surface area contributed by atoms with Crippen molar-refractivity contribution in [2.24, 2.45) is 0 Å². The molecule has 0 saturated heterocycles. The second kappa shape index (κ2) is 7.64. The lowest BCUT2D eigenvalue weighted by Crippen LogP contribution is -2.08. The minimum Gasteiger partial charge on any atom is -0.494 e. The summed E-state index contributed by atoms with van der Waals surface area (Å²) < 4.78 is 25.1.